The Kier molecular flexibility index (Phi) is 6.72. The van der Waals surface area contributed by atoms with E-state index in [0.29, 0.717) is 25.2 Å². The number of nitrogens with two attached hydrogens (primary N) is 1. The van der Waals surface area contributed by atoms with Crippen LogP contribution in [0, 0.1) is 0 Å². The number of carbonyl (C=O) groups is 2. The summed E-state index contributed by atoms with van der Waals surface area (Å²) in [6.45, 7) is 6.97. The Labute approximate surface area is 126 Å². The normalized spacial score (nSPS) is 11.8. The van der Waals surface area contributed by atoms with E-state index in [-0.39, 0.29) is 24.3 Å². The number of rotatable bonds is 7. The molecular weight excluding hydrogens is 266 g/mol. The molecule has 116 valence electrons. The summed E-state index contributed by atoms with van der Waals surface area (Å²) >= 11 is 0. The molecule has 1 rings (SSSR count). The third kappa shape index (κ3) is 5.45. The summed E-state index contributed by atoms with van der Waals surface area (Å²) in [5, 5.41) is 2.71. The molecule has 0 bridgehead atoms. The molecule has 0 fully saturated rings. The van der Waals surface area contributed by atoms with Crippen LogP contribution in [0.25, 0.3) is 0 Å². The fourth-order valence-corrected chi connectivity index (χ4v) is 2.14. The van der Waals surface area contributed by atoms with Gasteiger partial charge in [0.2, 0.25) is 11.8 Å². The second-order valence-electron chi connectivity index (χ2n) is 5.13. The lowest BCUT2D eigenvalue weighted by atomic mass is 9.97. The quantitative estimate of drug-likeness (QED) is 0.751. The molecule has 0 aliphatic rings. The van der Waals surface area contributed by atoms with Crippen LogP contribution in [0.4, 0.5) is 5.69 Å². The summed E-state index contributed by atoms with van der Waals surface area (Å²) in [6.07, 6.45) is 0.386. The molecule has 21 heavy (non-hydrogen) atoms. The van der Waals surface area contributed by atoms with Crippen LogP contribution in [0.1, 0.15) is 38.7 Å². The van der Waals surface area contributed by atoms with Crippen molar-refractivity contribution in [2.75, 3.05) is 25.4 Å². The smallest absolute Gasteiger partial charge is 0.239 e. The van der Waals surface area contributed by atoms with E-state index < -0.39 is 0 Å². The average Bonchev–Trinajstić information content (AvgIpc) is 2.45. The van der Waals surface area contributed by atoms with E-state index in [1.165, 1.54) is 0 Å². The summed E-state index contributed by atoms with van der Waals surface area (Å²) in [5.41, 5.74) is 7.45. The maximum Gasteiger partial charge on any atom is 0.239 e. The van der Waals surface area contributed by atoms with Crippen LogP contribution in [0.3, 0.4) is 0 Å². The van der Waals surface area contributed by atoms with E-state index in [0.717, 1.165) is 5.56 Å². The molecule has 0 aromatic heterocycles. The van der Waals surface area contributed by atoms with Crippen LogP contribution >= 0.6 is 0 Å². The van der Waals surface area contributed by atoms with Gasteiger partial charge in [-0.25, -0.2) is 0 Å². The van der Waals surface area contributed by atoms with Gasteiger partial charge in [0, 0.05) is 25.2 Å². The van der Waals surface area contributed by atoms with Crippen LogP contribution in [-0.2, 0) is 9.59 Å². The minimum atomic E-state index is -0.118. The Morgan fingerprint density at radius 3 is 2.38 bits per heavy atom. The fraction of sp³-hybridized carbons (Fsp3) is 0.500. The number of anilines is 1. The van der Waals surface area contributed by atoms with E-state index in [1.54, 1.807) is 4.90 Å². The maximum absolute atomic E-state index is 12.3. The third-order valence-electron chi connectivity index (χ3n) is 3.43. The molecule has 5 heteroatoms. The predicted molar refractivity (Wildman–Crippen MR) is 84.8 cm³/mol. The van der Waals surface area contributed by atoms with Crippen molar-refractivity contribution in [3.05, 3.63) is 29.8 Å². The molecule has 1 aromatic rings. The highest BCUT2D eigenvalue weighted by molar-refractivity contribution is 5.85. The lowest BCUT2D eigenvalue weighted by Gasteiger charge is -2.22. The lowest BCUT2D eigenvalue weighted by Crippen LogP contribution is -2.40. The van der Waals surface area contributed by atoms with Gasteiger partial charge in [-0.3, -0.25) is 9.59 Å². The zero-order valence-electron chi connectivity index (χ0n) is 13.1. The average molecular weight is 291 g/mol. The van der Waals surface area contributed by atoms with Gasteiger partial charge in [0.1, 0.15) is 0 Å². The highest BCUT2D eigenvalue weighted by Crippen LogP contribution is 2.21. The monoisotopic (exact) mass is 291 g/mol. The number of carbonyl (C=O) groups excluding carboxylic acids is 2. The van der Waals surface area contributed by atoms with E-state index in [1.807, 2.05) is 45.0 Å². The highest BCUT2D eigenvalue weighted by Gasteiger charge is 2.18. The molecular formula is C16H25N3O2. The molecule has 0 saturated carbocycles. The van der Waals surface area contributed by atoms with Gasteiger partial charge in [0.25, 0.3) is 0 Å². The van der Waals surface area contributed by atoms with Crippen molar-refractivity contribution >= 4 is 17.5 Å². The summed E-state index contributed by atoms with van der Waals surface area (Å²) in [5.74, 6) is -0.0256. The van der Waals surface area contributed by atoms with Gasteiger partial charge in [-0.2, -0.15) is 0 Å². The standard InChI is InChI=1S/C16H25N3O2/c1-4-18-15(20)11-19(5-2)16(21)10-12(3)13-6-8-14(17)9-7-13/h6-9,12H,4-5,10-11,17H2,1-3H3,(H,18,20). The predicted octanol–water partition coefficient (Wildman–Crippen LogP) is 1.75. The van der Waals surface area contributed by atoms with Crippen molar-refractivity contribution in [3.8, 4) is 0 Å². The van der Waals surface area contributed by atoms with Crippen molar-refractivity contribution in [1.82, 2.24) is 10.2 Å². The van der Waals surface area contributed by atoms with Crippen LogP contribution in [0.2, 0.25) is 0 Å². The second-order valence-corrected chi connectivity index (χ2v) is 5.13. The summed E-state index contributed by atoms with van der Waals surface area (Å²) in [6, 6.07) is 7.55. The van der Waals surface area contributed by atoms with Crippen molar-refractivity contribution in [2.24, 2.45) is 0 Å². The van der Waals surface area contributed by atoms with Crippen molar-refractivity contribution in [1.29, 1.82) is 0 Å². The fourth-order valence-electron chi connectivity index (χ4n) is 2.14. The summed E-state index contributed by atoms with van der Waals surface area (Å²) in [7, 11) is 0. The molecule has 3 N–H and O–H groups in total. The number of amides is 2. The van der Waals surface area contributed by atoms with Crippen LogP contribution < -0.4 is 11.1 Å². The number of nitrogens with zero attached hydrogens (tertiary/aromatic N) is 1. The van der Waals surface area contributed by atoms with E-state index in [2.05, 4.69) is 5.32 Å². The molecule has 0 heterocycles. The lowest BCUT2D eigenvalue weighted by molar-refractivity contribution is -0.136. The zero-order valence-corrected chi connectivity index (χ0v) is 13.1. The van der Waals surface area contributed by atoms with Gasteiger partial charge in [-0.1, -0.05) is 19.1 Å². The van der Waals surface area contributed by atoms with Gasteiger partial charge < -0.3 is 16.0 Å². The Morgan fingerprint density at radius 1 is 1.24 bits per heavy atom. The van der Waals surface area contributed by atoms with E-state index >= 15 is 0 Å². The summed E-state index contributed by atoms with van der Waals surface area (Å²) < 4.78 is 0. The topological polar surface area (TPSA) is 75.4 Å². The Balaban J connectivity index is 2.60. The Hall–Kier alpha value is -2.04. The molecule has 0 aliphatic heterocycles. The number of nitrogens with one attached hydrogen (secondary N) is 1. The first-order valence-electron chi connectivity index (χ1n) is 7.37. The van der Waals surface area contributed by atoms with Gasteiger partial charge >= 0.3 is 0 Å². The van der Waals surface area contributed by atoms with Crippen LogP contribution in [0.5, 0.6) is 0 Å². The van der Waals surface area contributed by atoms with Crippen LogP contribution in [-0.4, -0.2) is 36.3 Å². The van der Waals surface area contributed by atoms with Crippen LogP contribution in [0.15, 0.2) is 24.3 Å². The molecule has 5 nitrogen and oxygen atoms in total. The Bertz CT molecular complexity index is 471. The van der Waals surface area contributed by atoms with Gasteiger partial charge in [-0.15, -0.1) is 0 Å². The Morgan fingerprint density at radius 2 is 1.86 bits per heavy atom. The summed E-state index contributed by atoms with van der Waals surface area (Å²) in [4.78, 5) is 25.5. The highest BCUT2D eigenvalue weighted by atomic mass is 16.2. The van der Waals surface area contributed by atoms with E-state index in [9.17, 15) is 9.59 Å². The number of likely N-dealkylation sites (N-methyl/N-ethyl adjacent to an activating group) is 2. The van der Waals surface area contributed by atoms with Gasteiger partial charge in [-0.05, 0) is 37.5 Å². The first-order chi connectivity index (χ1) is 9.97. The number of nitrogen functional groups attached to an aromatic ring is 1. The number of hydrogen-bond acceptors (Lipinski definition) is 3. The molecule has 0 spiro atoms. The van der Waals surface area contributed by atoms with Crippen molar-refractivity contribution in [2.45, 2.75) is 33.1 Å². The molecule has 1 unspecified atom stereocenters. The maximum atomic E-state index is 12.3. The second kappa shape index (κ2) is 8.29. The van der Waals surface area contributed by atoms with E-state index in [4.69, 9.17) is 5.73 Å². The molecule has 1 atom stereocenters. The number of benzene rings is 1. The first kappa shape index (κ1) is 17.0. The molecule has 1 aromatic carbocycles. The zero-order chi connectivity index (χ0) is 15.8. The molecule has 0 radical (unpaired) electrons. The largest absolute Gasteiger partial charge is 0.399 e. The van der Waals surface area contributed by atoms with Gasteiger partial charge in [0.15, 0.2) is 0 Å². The van der Waals surface area contributed by atoms with Crippen molar-refractivity contribution in [3.63, 3.8) is 0 Å². The molecule has 0 aliphatic carbocycles. The molecule has 0 saturated heterocycles. The third-order valence-corrected chi connectivity index (χ3v) is 3.43. The van der Waals surface area contributed by atoms with Crippen molar-refractivity contribution < 1.29 is 9.59 Å². The minimum absolute atomic E-state index is 0.00641. The number of hydrogen-bond donors (Lipinski definition) is 2. The van der Waals surface area contributed by atoms with Gasteiger partial charge in [0.05, 0.1) is 6.54 Å². The molecule has 2 amide bonds. The first-order valence-corrected chi connectivity index (χ1v) is 7.37. The minimum Gasteiger partial charge on any atom is -0.399 e. The SMILES string of the molecule is CCNC(=O)CN(CC)C(=O)CC(C)c1ccc(N)cc1.